The van der Waals surface area contributed by atoms with Crippen molar-refractivity contribution in [3.63, 3.8) is 0 Å². The van der Waals surface area contributed by atoms with Crippen LogP contribution in [0, 0.1) is 23.0 Å². The van der Waals surface area contributed by atoms with Crippen molar-refractivity contribution in [2.24, 2.45) is 11.3 Å². The molecule has 0 aliphatic carbocycles. The zero-order chi connectivity index (χ0) is 27.7. The fourth-order valence-electron chi connectivity index (χ4n) is 5.72. The van der Waals surface area contributed by atoms with E-state index in [1.165, 1.54) is 12.1 Å². The summed E-state index contributed by atoms with van der Waals surface area (Å²) in [4.78, 5) is 27.9. The van der Waals surface area contributed by atoms with Gasteiger partial charge >= 0.3 is 6.18 Å². The molecule has 2 atom stereocenters. The van der Waals surface area contributed by atoms with Crippen LogP contribution in [0.4, 0.5) is 22.0 Å². The predicted molar refractivity (Wildman–Crippen MR) is 132 cm³/mol. The summed E-state index contributed by atoms with van der Waals surface area (Å²) in [5.74, 6) is -3.01. The Morgan fingerprint density at radius 3 is 2.29 bits per heavy atom. The molecule has 2 saturated heterocycles. The van der Waals surface area contributed by atoms with Gasteiger partial charge in [-0.05, 0) is 73.0 Å². The maximum atomic E-state index is 14.3. The van der Waals surface area contributed by atoms with Crippen LogP contribution in [0.2, 0.25) is 0 Å². The van der Waals surface area contributed by atoms with Crippen molar-refractivity contribution in [2.75, 3.05) is 26.2 Å². The van der Waals surface area contributed by atoms with E-state index in [1.54, 1.807) is 18.7 Å². The second-order valence-corrected chi connectivity index (χ2v) is 10.6. The van der Waals surface area contributed by atoms with Gasteiger partial charge in [0.2, 0.25) is 5.91 Å². The Balaban J connectivity index is 1.47. The number of likely N-dealkylation sites (tertiary alicyclic amines) is 1. The van der Waals surface area contributed by atoms with Gasteiger partial charge in [-0.15, -0.1) is 0 Å². The lowest BCUT2D eigenvalue weighted by atomic mass is 9.62. The molecule has 2 heterocycles. The number of rotatable bonds is 5. The molecule has 0 radical (unpaired) electrons. The molecular weight excluding hydrogens is 505 g/mol. The van der Waals surface area contributed by atoms with Gasteiger partial charge in [-0.1, -0.05) is 26.0 Å². The molecule has 0 bridgehead atoms. The summed E-state index contributed by atoms with van der Waals surface area (Å²) >= 11 is 0. The van der Waals surface area contributed by atoms with Gasteiger partial charge < -0.3 is 15.5 Å². The molecule has 2 N–H and O–H groups in total. The molecule has 2 aromatic rings. The average Bonchev–Trinajstić information content (AvgIpc) is 2.87. The number of nitrogens with one attached hydrogen (secondary N) is 2. The molecule has 5 nitrogen and oxygen atoms in total. The molecule has 1 spiro atoms. The van der Waals surface area contributed by atoms with E-state index in [2.05, 4.69) is 10.6 Å². The molecule has 2 aromatic carbocycles. The number of halogens is 5. The standard InChI is InChI=1S/C28H32F5N3O2/c1-17(2)24(35-25(37)21-15-19(28(31,32)33)5-8-23(21)30)26(38)36-13-10-27(11-14-36)9-12-34-16-22(27)18-3-6-20(29)7-4-18/h3-8,15,17,22,24,34H,9-14,16H2,1-2H3,(H,35,37)/t22?,24-/m1/s1. The van der Waals surface area contributed by atoms with Crippen molar-refractivity contribution < 1.29 is 31.5 Å². The van der Waals surface area contributed by atoms with Crippen molar-refractivity contribution >= 4 is 11.8 Å². The Morgan fingerprint density at radius 1 is 1.03 bits per heavy atom. The molecule has 0 saturated carbocycles. The minimum atomic E-state index is -4.74. The summed E-state index contributed by atoms with van der Waals surface area (Å²) < 4.78 is 67.0. The number of hydrogen-bond donors (Lipinski definition) is 2. The third-order valence-corrected chi connectivity index (χ3v) is 7.99. The number of nitrogens with zero attached hydrogens (tertiary/aromatic N) is 1. The lowest BCUT2D eigenvalue weighted by Gasteiger charge is -2.50. The van der Waals surface area contributed by atoms with Crippen molar-refractivity contribution in [1.82, 2.24) is 15.5 Å². The summed E-state index contributed by atoms with van der Waals surface area (Å²) in [5.41, 5.74) is -0.908. The number of carbonyl (C=O) groups excluding carboxylic acids is 2. The molecule has 2 aliphatic rings. The van der Waals surface area contributed by atoms with Crippen LogP contribution in [0.1, 0.15) is 60.5 Å². The largest absolute Gasteiger partial charge is 0.416 e. The number of hydrogen-bond acceptors (Lipinski definition) is 3. The molecule has 4 rings (SSSR count). The second kappa shape index (κ2) is 11.0. The van der Waals surface area contributed by atoms with E-state index in [9.17, 15) is 31.5 Å². The Morgan fingerprint density at radius 2 is 1.68 bits per heavy atom. The van der Waals surface area contributed by atoms with E-state index >= 15 is 0 Å². The monoisotopic (exact) mass is 537 g/mol. The van der Waals surface area contributed by atoms with E-state index in [0.717, 1.165) is 37.9 Å². The third-order valence-electron chi connectivity index (χ3n) is 7.99. The van der Waals surface area contributed by atoms with Crippen LogP contribution in [-0.2, 0) is 11.0 Å². The van der Waals surface area contributed by atoms with E-state index in [1.807, 2.05) is 12.1 Å². The first-order valence-electron chi connectivity index (χ1n) is 12.8. The summed E-state index contributed by atoms with van der Waals surface area (Å²) in [6.07, 6.45) is -2.37. The number of benzene rings is 2. The fraction of sp³-hybridized carbons (Fsp3) is 0.500. The lowest BCUT2D eigenvalue weighted by molar-refractivity contribution is -0.138. The quantitative estimate of drug-likeness (QED) is 0.521. The molecule has 38 heavy (non-hydrogen) atoms. The fourth-order valence-corrected chi connectivity index (χ4v) is 5.72. The van der Waals surface area contributed by atoms with E-state index < -0.39 is 35.1 Å². The summed E-state index contributed by atoms with van der Waals surface area (Å²) in [5, 5.41) is 5.90. The molecule has 2 aliphatic heterocycles. The number of piperidine rings is 2. The normalized spacial score (nSPS) is 20.4. The Kier molecular flexibility index (Phi) is 8.11. The van der Waals surface area contributed by atoms with Gasteiger partial charge in [-0.2, -0.15) is 13.2 Å². The van der Waals surface area contributed by atoms with Crippen LogP contribution in [0.3, 0.4) is 0 Å². The van der Waals surface area contributed by atoms with Gasteiger partial charge in [0.15, 0.2) is 0 Å². The van der Waals surface area contributed by atoms with Crippen LogP contribution < -0.4 is 10.6 Å². The summed E-state index contributed by atoms with van der Waals surface area (Å²) in [6, 6.07) is 7.15. The van der Waals surface area contributed by atoms with Gasteiger partial charge in [0.05, 0.1) is 11.1 Å². The lowest BCUT2D eigenvalue weighted by Crippen LogP contribution is -2.56. The summed E-state index contributed by atoms with van der Waals surface area (Å²) in [7, 11) is 0. The maximum Gasteiger partial charge on any atom is 0.416 e. The highest BCUT2D eigenvalue weighted by atomic mass is 19.4. The molecule has 2 amide bonds. The highest BCUT2D eigenvalue weighted by molar-refractivity contribution is 5.98. The Bertz CT molecular complexity index is 1160. The van der Waals surface area contributed by atoms with Crippen molar-refractivity contribution in [1.29, 1.82) is 0 Å². The van der Waals surface area contributed by atoms with Crippen molar-refractivity contribution in [3.8, 4) is 0 Å². The van der Waals surface area contributed by atoms with Gasteiger partial charge in [0.1, 0.15) is 17.7 Å². The highest BCUT2D eigenvalue weighted by Gasteiger charge is 2.45. The van der Waals surface area contributed by atoms with Crippen molar-refractivity contribution in [3.05, 3.63) is 70.8 Å². The first kappa shape index (κ1) is 28.0. The minimum absolute atomic E-state index is 0.0579. The Labute approximate surface area is 218 Å². The SMILES string of the molecule is CC(C)[C@@H](NC(=O)c1cc(C(F)(F)F)ccc1F)C(=O)N1CCC2(CCNCC2c2ccc(F)cc2)CC1. The maximum absolute atomic E-state index is 14.3. The zero-order valence-electron chi connectivity index (χ0n) is 21.4. The van der Waals surface area contributed by atoms with Gasteiger partial charge in [-0.25, -0.2) is 8.78 Å². The van der Waals surface area contributed by atoms with Crippen LogP contribution in [0.5, 0.6) is 0 Å². The molecule has 1 unspecified atom stereocenters. The van der Waals surface area contributed by atoms with E-state index in [-0.39, 0.29) is 29.0 Å². The molecule has 206 valence electrons. The smallest absolute Gasteiger partial charge is 0.341 e. The van der Waals surface area contributed by atoms with Crippen molar-refractivity contribution in [2.45, 2.75) is 51.2 Å². The molecule has 10 heteroatoms. The minimum Gasteiger partial charge on any atom is -0.341 e. The first-order chi connectivity index (χ1) is 17.9. The number of carbonyl (C=O) groups is 2. The van der Waals surface area contributed by atoms with Crippen LogP contribution in [0.15, 0.2) is 42.5 Å². The van der Waals surface area contributed by atoms with Crippen LogP contribution >= 0.6 is 0 Å². The van der Waals surface area contributed by atoms with E-state index in [0.29, 0.717) is 31.3 Å². The van der Waals surface area contributed by atoms with Crippen LogP contribution in [-0.4, -0.2) is 48.9 Å². The average molecular weight is 538 g/mol. The van der Waals surface area contributed by atoms with Crippen LogP contribution in [0.25, 0.3) is 0 Å². The highest BCUT2D eigenvalue weighted by Crippen LogP contribution is 2.48. The first-order valence-corrected chi connectivity index (χ1v) is 12.8. The molecular formula is C28H32F5N3O2. The molecule has 2 fully saturated rings. The predicted octanol–water partition coefficient (Wildman–Crippen LogP) is 5.12. The number of alkyl halides is 3. The Hall–Kier alpha value is -3.01. The second-order valence-electron chi connectivity index (χ2n) is 10.6. The van der Waals surface area contributed by atoms with Gasteiger partial charge in [0, 0.05) is 25.6 Å². The molecule has 0 aromatic heterocycles. The third kappa shape index (κ3) is 5.85. The topological polar surface area (TPSA) is 61.4 Å². The van der Waals surface area contributed by atoms with E-state index in [4.69, 9.17) is 0 Å². The van der Waals surface area contributed by atoms with Gasteiger partial charge in [-0.3, -0.25) is 9.59 Å². The zero-order valence-corrected chi connectivity index (χ0v) is 21.4. The van der Waals surface area contributed by atoms with Gasteiger partial charge in [0.25, 0.3) is 5.91 Å². The number of amides is 2. The summed E-state index contributed by atoms with van der Waals surface area (Å²) in [6.45, 7) is 5.94.